The molecular weight excluding hydrogens is 322 g/mol. The minimum atomic E-state index is -0.125. The Kier molecular flexibility index (Phi) is 6.37. The van der Waals surface area contributed by atoms with Gasteiger partial charge in [0.15, 0.2) is 0 Å². The fraction of sp³-hybridized carbons (Fsp3) is 0.333. The minimum absolute atomic E-state index is 0.0122. The van der Waals surface area contributed by atoms with Crippen molar-refractivity contribution < 1.29 is 9.59 Å². The molecule has 1 heterocycles. The van der Waals surface area contributed by atoms with Crippen LogP contribution in [0, 0.1) is 0 Å². The molecule has 2 aromatic rings. The van der Waals surface area contributed by atoms with Crippen molar-refractivity contribution in [3.8, 4) is 0 Å². The summed E-state index contributed by atoms with van der Waals surface area (Å²) >= 11 is 1.39. The van der Waals surface area contributed by atoms with Crippen LogP contribution in [-0.2, 0) is 11.3 Å². The molecule has 0 unspecified atom stereocenters. The third-order valence-corrected chi connectivity index (χ3v) is 4.54. The van der Waals surface area contributed by atoms with Gasteiger partial charge in [-0.25, -0.2) is 0 Å². The van der Waals surface area contributed by atoms with Crippen molar-refractivity contribution in [2.45, 2.75) is 13.0 Å². The molecule has 1 aromatic carbocycles. The molecule has 0 aliphatic carbocycles. The van der Waals surface area contributed by atoms with Gasteiger partial charge in [0.05, 0.1) is 4.88 Å². The lowest BCUT2D eigenvalue weighted by atomic mass is 10.2. The van der Waals surface area contributed by atoms with E-state index < -0.39 is 0 Å². The Hall–Kier alpha value is -2.34. The number of hydrogen-bond donors (Lipinski definition) is 1. The summed E-state index contributed by atoms with van der Waals surface area (Å²) in [4.78, 5) is 28.3. The van der Waals surface area contributed by atoms with E-state index in [1.54, 1.807) is 18.0 Å². The number of thiophene rings is 1. The maximum Gasteiger partial charge on any atom is 0.261 e. The fourth-order valence-electron chi connectivity index (χ4n) is 2.23. The monoisotopic (exact) mass is 345 g/mol. The molecule has 0 spiro atoms. The third-order valence-electron chi connectivity index (χ3n) is 3.67. The number of carbonyl (C=O) groups is 2. The van der Waals surface area contributed by atoms with Crippen molar-refractivity contribution in [3.63, 3.8) is 0 Å². The largest absolute Gasteiger partial charge is 0.378 e. The number of rotatable bonds is 7. The Labute approximate surface area is 146 Å². The first-order valence-electron chi connectivity index (χ1n) is 7.79. The molecule has 0 bridgehead atoms. The second-order valence-corrected chi connectivity index (χ2v) is 6.74. The van der Waals surface area contributed by atoms with Crippen molar-refractivity contribution >= 4 is 28.8 Å². The van der Waals surface area contributed by atoms with E-state index in [4.69, 9.17) is 0 Å². The average Bonchev–Trinajstić information content (AvgIpc) is 3.09. The topological polar surface area (TPSA) is 52.6 Å². The van der Waals surface area contributed by atoms with Crippen molar-refractivity contribution in [2.75, 3.05) is 32.6 Å². The zero-order valence-electron chi connectivity index (χ0n) is 14.3. The van der Waals surface area contributed by atoms with Gasteiger partial charge in [0.2, 0.25) is 5.91 Å². The van der Waals surface area contributed by atoms with Crippen molar-refractivity contribution in [1.82, 2.24) is 10.2 Å². The summed E-state index contributed by atoms with van der Waals surface area (Å²) in [6.45, 7) is 0.908. The highest BCUT2D eigenvalue weighted by Gasteiger charge is 2.11. The lowest BCUT2D eigenvalue weighted by molar-refractivity contribution is -0.130. The van der Waals surface area contributed by atoms with E-state index in [9.17, 15) is 9.59 Å². The Morgan fingerprint density at radius 2 is 1.79 bits per heavy atom. The number of nitrogens with one attached hydrogen (secondary N) is 1. The Bertz CT molecular complexity index is 666. The van der Waals surface area contributed by atoms with Crippen LogP contribution in [0.25, 0.3) is 0 Å². The molecule has 0 fully saturated rings. The molecule has 0 aliphatic rings. The zero-order chi connectivity index (χ0) is 17.5. The molecule has 0 atom stereocenters. The summed E-state index contributed by atoms with van der Waals surface area (Å²) in [5.74, 6) is -0.113. The van der Waals surface area contributed by atoms with Crippen LogP contribution in [0.5, 0.6) is 0 Å². The van der Waals surface area contributed by atoms with Crippen molar-refractivity contribution in [2.24, 2.45) is 0 Å². The van der Waals surface area contributed by atoms with E-state index >= 15 is 0 Å². The first-order valence-corrected chi connectivity index (χ1v) is 8.67. The second kappa shape index (κ2) is 8.49. The van der Waals surface area contributed by atoms with E-state index in [2.05, 4.69) is 5.32 Å². The first-order chi connectivity index (χ1) is 11.5. The number of amides is 2. The molecule has 0 saturated carbocycles. The van der Waals surface area contributed by atoms with Crippen LogP contribution in [0.1, 0.15) is 21.7 Å². The summed E-state index contributed by atoms with van der Waals surface area (Å²) in [5.41, 5.74) is 2.21. The Morgan fingerprint density at radius 1 is 1.08 bits per heavy atom. The van der Waals surface area contributed by atoms with Crippen LogP contribution in [-0.4, -0.2) is 44.4 Å². The molecule has 2 rings (SSSR count). The molecular formula is C18H23N3O2S. The molecule has 0 aliphatic heterocycles. The van der Waals surface area contributed by atoms with Crippen LogP contribution in [0.3, 0.4) is 0 Å². The van der Waals surface area contributed by atoms with Crippen LogP contribution < -0.4 is 10.2 Å². The zero-order valence-corrected chi connectivity index (χ0v) is 15.1. The van der Waals surface area contributed by atoms with E-state index in [0.29, 0.717) is 24.4 Å². The van der Waals surface area contributed by atoms with Gasteiger partial charge in [0.25, 0.3) is 5.91 Å². The molecule has 1 N–H and O–H groups in total. The van der Waals surface area contributed by atoms with Crippen LogP contribution >= 0.6 is 11.3 Å². The normalized spacial score (nSPS) is 10.3. The van der Waals surface area contributed by atoms with Crippen LogP contribution in [0.2, 0.25) is 0 Å². The van der Waals surface area contributed by atoms with Crippen molar-refractivity contribution in [3.05, 3.63) is 52.2 Å². The third kappa shape index (κ3) is 5.09. The molecule has 128 valence electrons. The van der Waals surface area contributed by atoms with Gasteiger partial charge in [-0.1, -0.05) is 18.2 Å². The van der Waals surface area contributed by atoms with Gasteiger partial charge in [0, 0.05) is 46.3 Å². The Balaban J connectivity index is 1.76. The number of anilines is 1. The fourth-order valence-corrected chi connectivity index (χ4v) is 2.87. The number of hydrogen-bond acceptors (Lipinski definition) is 4. The average molecular weight is 345 g/mol. The van der Waals surface area contributed by atoms with E-state index in [0.717, 1.165) is 11.3 Å². The summed E-state index contributed by atoms with van der Waals surface area (Å²) < 4.78 is 0. The lowest BCUT2D eigenvalue weighted by Gasteiger charge is -2.18. The van der Waals surface area contributed by atoms with Gasteiger partial charge >= 0.3 is 0 Å². The van der Waals surface area contributed by atoms with E-state index in [1.807, 2.05) is 54.7 Å². The second-order valence-electron chi connectivity index (χ2n) is 5.79. The molecule has 24 heavy (non-hydrogen) atoms. The quantitative estimate of drug-likeness (QED) is 0.839. The van der Waals surface area contributed by atoms with E-state index in [1.165, 1.54) is 11.3 Å². The highest BCUT2D eigenvalue weighted by Crippen LogP contribution is 2.13. The van der Waals surface area contributed by atoms with Gasteiger partial charge in [-0.15, -0.1) is 11.3 Å². The summed E-state index contributed by atoms with van der Waals surface area (Å²) in [6, 6.07) is 11.7. The smallest absolute Gasteiger partial charge is 0.261 e. The molecule has 5 nitrogen and oxygen atoms in total. The predicted molar refractivity (Wildman–Crippen MR) is 98.5 cm³/mol. The van der Waals surface area contributed by atoms with Gasteiger partial charge in [-0.3, -0.25) is 9.59 Å². The van der Waals surface area contributed by atoms with Crippen LogP contribution in [0.15, 0.2) is 41.8 Å². The molecule has 2 amide bonds. The van der Waals surface area contributed by atoms with Gasteiger partial charge < -0.3 is 15.1 Å². The van der Waals surface area contributed by atoms with E-state index in [-0.39, 0.29) is 11.8 Å². The molecule has 1 aromatic heterocycles. The first kappa shape index (κ1) is 18.0. The number of carbonyl (C=O) groups excluding carboxylic acids is 2. The Morgan fingerprint density at radius 3 is 2.38 bits per heavy atom. The number of benzene rings is 1. The van der Waals surface area contributed by atoms with Crippen LogP contribution in [0.4, 0.5) is 5.69 Å². The maximum absolute atomic E-state index is 12.2. The summed E-state index contributed by atoms with van der Waals surface area (Å²) in [5, 5.41) is 4.63. The number of nitrogens with zero attached hydrogens (tertiary/aromatic N) is 2. The van der Waals surface area contributed by atoms with Crippen molar-refractivity contribution in [1.29, 1.82) is 0 Å². The van der Waals surface area contributed by atoms with Gasteiger partial charge in [-0.2, -0.15) is 0 Å². The standard InChI is InChI=1S/C18H23N3O2S/c1-20(2)15-8-6-14(7-9-15)13-21(3)17(22)10-11-19-18(23)16-5-4-12-24-16/h4-9,12H,10-11,13H2,1-3H3,(H,19,23). The molecule has 0 saturated heterocycles. The maximum atomic E-state index is 12.2. The predicted octanol–water partition coefficient (Wildman–Crippen LogP) is 2.59. The minimum Gasteiger partial charge on any atom is -0.378 e. The highest BCUT2D eigenvalue weighted by molar-refractivity contribution is 7.12. The molecule has 0 radical (unpaired) electrons. The summed E-state index contributed by atoms with van der Waals surface area (Å²) in [6.07, 6.45) is 0.295. The highest BCUT2D eigenvalue weighted by atomic mass is 32.1. The van der Waals surface area contributed by atoms with Gasteiger partial charge in [0.1, 0.15) is 0 Å². The van der Waals surface area contributed by atoms with Gasteiger partial charge in [-0.05, 0) is 29.1 Å². The molecule has 6 heteroatoms. The lowest BCUT2D eigenvalue weighted by Crippen LogP contribution is -2.31. The summed E-state index contributed by atoms with van der Waals surface area (Å²) in [7, 11) is 5.77. The SMILES string of the molecule is CN(Cc1ccc(N(C)C)cc1)C(=O)CCNC(=O)c1cccs1.